The molecule has 9 heteroatoms. The summed E-state index contributed by atoms with van der Waals surface area (Å²) < 4.78 is 44.7. The minimum Gasteiger partial charge on any atom is -0.480 e. The number of pyridine rings is 1. The highest BCUT2D eigenvalue weighted by Gasteiger charge is 2.37. The third kappa shape index (κ3) is 5.15. The van der Waals surface area contributed by atoms with Gasteiger partial charge < -0.3 is 5.11 Å². The molecule has 0 saturated heterocycles. The topological polar surface area (TPSA) is 62.5 Å². The Hall–Kier alpha value is -3.56. The van der Waals surface area contributed by atoms with Crippen LogP contribution in [0, 0.1) is 0 Å². The first-order valence-corrected chi connectivity index (χ1v) is 14.0. The van der Waals surface area contributed by atoms with E-state index in [0.717, 1.165) is 34.9 Å². The Morgan fingerprint density at radius 3 is 2.45 bits per heavy atom. The van der Waals surface area contributed by atoms with Crippen LogP contribution in [0.25, 0.3) is 21.9 Å². The lowest BCUT2D eigenvalue weighted by Crippen LogP contribution is -2.43. The minimum absolute atomic E-state index is 0.120. The number of fused-ring (bicyclic) bond motifs is 2. The molecule has 4 aromatic rings. The summed E-state index contributed by atoms with van der Waals surface area (Å²) in [5.74, 6) is -1.15. The van der Waals surface area contributed by atoms with Crippen molar-refractivity contribution >= 4 is 28.7 Å². The molecular formula is C31H29F3N2O3S. The zero-order chi connectivity index (χ0) is 28.6. The molecule has 2 heterocycles. The first kappa shape index (κ1) is 28.0. The van der Waals surface area contributed by atoms with Crippen LogP contribution in [0.15, 0.2) is 76.6 Å². The maximum atomic E-state index is 14.0. The molecule has 208 valence electrons. The van der Waals surface area contributed by atoms with Crippen molar-refractivity contribution in [1.82, 2.24) is 8.87 Å². The summed E-state index contributed by atoms with van der Waals surface area (Å²) in [5.41, 5.74) is 1.56. The molecule has 1 atom stereocenters. The van der Waals surface area contributed by atoms with Gasteiger partial charge in [0, 0.05) is 24.2 Å². The second-order valence-electron chi connectivity index (χ2n) is 9.89. The van der Waals surface area contributed by atoms with E-state index in [-0.39, 0.29) is 6.54 Å². The van der Waals surface area contributed by atoms with Crippen LogP contribution in [-0.2, 0) is 23.8 Å². The van der Waals surface area contributed by atoms with E-state index in [0.29, 0.717) is 46.7 Å². The highest BCUT2D eigenvalue weighted by molar-refractivity contribution is 7.97. The molecular weight excluding hydrogens is 537 g/mol. The predicted octanol–water partition coefficient (Wildman–Crippen LogP) is 7.20. The van der Waals surface area contributed by atoms with Crippen LogP contribution in [0.3, 0.4) is 0 Å². The number of halogens is 3. The fraction of sp³-hybridized carbons (Fsp3) is 0.290. The summed E-state index contributed by atoms with van der Waals surface area (Å²) in [5, 5.41) is 12.5. The molecule has 1 aliphatic heterocycles. The molecule has 0 spiro atoms. The molecule has 1 aromatic heterocycles. The Morgan fingerprint density at radius 1 is 1.02 bits per heavy atom. The molecule has 0 radical (unpaired) electrons. The second kappa shape index (κ2) is 11.1. The van der Waals surface area contributed by atoms with Crippen molar-refractivity contribution in [3.63, 3.8) is 0 Å². The average molecular weight is 567 g/mol. The fourth-order valence-electron chi connectivity index (χ4n) is 5.49. The number of benzene rings is 3. The highest BCUT2D eigenvalue weighted by Crippen LogP contribution is 2.43. The lowest BCUT2D eigenvalue weighted by Gasteiger charge is -2.35. The van der Waals surface area contributed by atoms with E-state index in [9.17, 15) is 27.9 Å². The van der Waals surface area contributed by atoms with Crippen molar-refractivity contribution in [2.75, 3.05) is 13.1 Å². The first-order valence-electron chi connectivity index (χ1n) is 13.2. The van der Waals surface area contributed by atoms with E-state index < -0.39 is 29.3 Å². The lowest BCUT2D eigenvalue weighted by molar-refractivity contribution is -0.141. The van der Waals surface area contributed by atoms with Gasteiger partial charge >= 0.3 is 12.1 Å². The van der Waals surface area contributed by atoms with Crippen LogP contribution in [0.1, 0.15) is 48.6 Å². The van der Waals surface area contributed by atoms with Crippen LogP contribution in [0.4, 0.5) is 13.2 Å². The third-order valence-corrected chi connectivity index (χ3v) is 8.48. The van der Waals surface area contributed by atoms with Gasteiger partial charge in [0.15, 0.2) is 0 Å². The van der Waals surface area contributed by atoms with Gasteiger partial charge in [-0.05, 0) is 70.8 Å². The largest absolute Gasteiger partial charge is 0.480 e. The standard InChI is InChI=1S/C31H29F3N2O3S/c1-3-15-35-18-26(30(38)39)36-28(37)23(4-2)25(17-20-11-7-10-19-9-5-6-14-24(19)20)27(29(36)40-35)21-12-8-13-22(16-21)31(32,33)34/h5-14,16,26H,3-4,15,17-18H2,1-2H3,(H,38,39). The van der Waals surface area contributed by atoms with Gasteiger partial charge in [-0.1, -0.05) is 68.4 Å². The van der Waals surface area contributed by atoms with Crippen LogP contribution < -0.4 is 5.56 Å². The number of carbonyl (C=O) groups is 1. The van der Waals surface area contributed by atoms with Crippen LogP contribution in [0.2, 0.25) is 0 Å². The molecule has 0 fully saturated rings. The number of carboxylic acid groups (broad SMARTS) is 1. The molecule has 0 amide bonds. The molecule has 3 aromatic carbocycles. The Balaban J connectivity index is 1.86. The van der Waals surface area contributed by atoms with Crippen molar-refractivity contribution in [2.45, 2.75) is 50.4 Å². The van der Waals surface area contributed by atoms with Crippen LogP contribution in [-0.4, -0.2) is 33.0 Å². The Bertz CT molecular complexity index is 1640. The number of alkyl halides is 3. The van der Waals surface area contributed by atoms with Gasteiger partial charge in [0.05, 0.1) is 5.56 Å². The lowest BCUT2D eigenvalue weighted by atomic mass is 9.89. The number of carboxylic acids is 1. The Morgan fingerprint density at radius 2 is 1.75 bits per heavy atom. The summed E-state index contributed by atoms with van der Waals surface area (Å²) in [7, 11) is 0. The first-order chi connectivity index (χ1) is 19.1. The van der Waals surface area contributed by atoms with Gasteiger partial charge in [-0.3, -0.25) is 9.36 Å². The Labute approximate surface area is 234 Å². The maximum absolute atomic E-state index is 14.0. The van der Waals surface area contributed by atoms with E-state index in [1.54, 1.807) is 6.07 Å². The van der Waals surface area contributed by atoms with Gasteiger partial charge in [0.1, 0.15) is 11.1 Å². The monoisotopic (exact) mass is 566 g/mol. The molecule has 1 N–H and O–H groups in total. The zero-order valence-corrected chi connectivity index (χ0v) is 23.0. The summed E-state index contributed by atoms with van der Waals surface area (Å²) in [6.45, 7) is 4.48. The Kier molecular flexibility index (Phi) is 7.79. The minimum atomic E-state index is -4.56. The molecule has 40 heavy (non-hydrogen) atoms. The number of aliphatic carboxylic acids is 1. The molecule has 5 rings (SSSR count). The normalized spacial score (nSPS) is 15.8. The molecule has 0 aliphatic carbocycles. The van der Waals surface area contributed by atoms with Crippen molar-refractivity contribution < 1.29 is 23.1 Å². The number of aromatic nitrogens is 1. The van der Waals surface area contributed by atoms with Crippen molar-refractivity contribution in [1.29, 1.82) is 0 Å². The average Bonchev–Trinajstić information content (AvgIpc) is 2.93. The summed E-state index contributed by atoms with van der Waals surface area (Å²) >= 11 is 1.25. The van der Waals surface area contributed by atoms with E-state index in [2.05, 4.69) is 0 Å². The predicted molar refractivity (Wildman–Crippen MR) is 152 cm³/mol. The summed E-state index contributed by atoms with van der Waals surface area (Å²) in [6, 6.07) is 17.7. The molecule has 1 unspecified atom stereocenters. The number of hydrogen-bond acceptors (Lipinski definition) is 4. The van der Waals surface area contributed by atoms with Crippen LogP contribution in [0.5, 0.6) is 0 Å². The zero-order valence-electron chi connectivity index (χ0n) is 22.2. The van der Waals surface area contributed by atoms with Crippen molar-refractivity contribution in [3.8, 4) is 11.1 Å². The van der Waals surface area contributed by atoms with Crippen LogP contribution >= 0.6 is 11.9 Å². The highest BCUT2D eigenvalue weighted by atomic mass is 32.2. The summed E-state index contributed by atoms with van der Waals surface area (Å²) in [4.78, 5) is 26.4. The summed E-state index contributed by atoms with van der Waals surface area (Å²) in [6.07, 6.45) is -3.19. The van der Waals surface area contributed by atoms with Gasteiger partial charge in [-0.25, -0.2) is 9.10 Å². The van der Waals surface area contributed by atoms with Crippen molar-refractivity contribution in [2.24, 2.45) is 0 Å². The smallest absolute Gasteiger partial charge is 0.416 e. The van der Waals surface area contributed by atoms with E-state index in [1.807, 2.05) is 60.6 Å². The van der Waals surface area contributed by atoms with Gasteiger partial charge in [-0.2, -0.15) is 13.2 Å². The molecule has 5 nitrogen and oxygen atoms in total. The van der Waals surface area contributed by atoms with E-state index in [1.165, 1.54) is 22.6 Å². The van der Waals surface area contributed by atoms with E-state index >= 15 is 0 Å². The van der Waals surface area contributed by atoms with Gasteiger partial charge in [-0.15, -0.1) is 0 Å². The second-order valence-corrected chi connectivity index (χ2v) is 11.0. The van der Waals surface area contributed by atoms with Crippen molar-refractivity contribution in [3.05, 3.63) is 99.3 Å². The quantitative estimate of drug-likeness (QED) is 0.240. The number of rotatable bonds is 7. The van der Waals surface area contributed by atoms with Gasteiger partial charge in [0.25, 0.3) is 5.56 Å². The van der Waals surface area contributed by atoms with E-state index in [4.69, 9.17) is 0 Å². The number of nitrogens with zero attached hydrogens (tertiary/aromatic N) is 2. The SMILES string of the molecule is CCCN1CC(C(=O)O)n2c(c(-c3cccc(C(F)(F)F)c3)c(Cc3cccc4ccccc34)c(CC)c2=O)S1. The fourth-order valence-corrected chi connectivity index (χ4v) is 6.86. The molecule has 1 aliphatic rings. The third-order valence-electron chi connectivity index (χ3n) is 7.32. The molecule has 0 saturated carbocycles. The number of hydrogen-bond donors (Lipinski definition) is 1. The molecule has 0 bridgehead atoms. The van der Waals surface area contributed by atoms with Gasteiger partial charge in [0.2, 0.25) is 0 Å². The maximum Gasteiger partial charge on any atom is 0.416 e.